The molecule has 186 valence electrons. The summed E-state index contributed by atoms with van der Waals surface area (Å²) < 4.78 is 18.6. The van der Waals surface area contributed by atoms with Crippen molar-refractivity contribution in [3.63, 3.8) is 0 Å². The Morgan fingerprint density at radius 1 is 0.857 bits per heavy atom. The van der Waals surface area contributed by atoms with Crippen LogP contribution in [0.1, 0.15) is 12.5 Å². The Bertz CT molecular complexity index is 1140. The van der Waals surface area contributed by atoms with Gasteiger partial charge in [0.2, 0.25) is 0 Å². The van der Waals surface area contributed by atoms with E-state index in [0.29, 0.717) is 39.5 Å². The monoisotopic (exact) mass is 476 g/mol. The molecule has 4 rings (SSSR count). The van der Waals surface area contributed by atoms with Crippen molar-refractivity contribution < 1.29 is 19.3 Å². The van der Waals surface area contributed by atoms with Crippen LogP contribution in [-0.4, -0.2) is 67.3 Å². The number of aromatic nitrogens is 1. The summed E-state index contributed by atoms with van der Waals surface area (Å²) in [4.78, 5) is 2.24. The highest BCUT2D eigenvalue weighted by Gasteiger charge is 2.16. The Morgan fingerprint density at radius 3 is 2.14 bits per heavy atom. The van der Waals surface area contributed by atoms with E-state index in [1.165, 1.54) is 16.3 Å². The fraction of sp³-hybridized carbons (Fsp3) is 0.379. The van der Waals surface area contributed by atoms with Crippen molar-refractivity contribution in [3.8, 4) is 5.75 Å². The quantitative estimate of drug-likeness (QED) is 0.267. The van der Waals surface area contributed by atoms with Crippen LogP contribution in [0.5, 0.6) is 5.75 Å². The molecule has 6 heteroatoms. The molecular weight excluding hydrogens is 440 g/mol. The van der Waals surface area contributed by atoms with E-state index in [2.05, 4.69) is 70.1 Å². The molecule has 35 heavy (non-hydrogen) atoms. The van der Waals surface area contributed by atoms with Gasteiger partial charge in [-0.3, -0.25) is 4.90 Å². The van der Waals surface area contributed by atoms with Gasteiger partial charge in [0.05, 0.1) is 25.9 Å². The summed E-state index contributed by atoms with van der Waals surface area (Å²) in [5.41, 5.74) is 3.47. The van der Waals surface area contributed by atoms with Gasteiger partial charge in [0.15, 0.2) is 0 Å². The molecule has 0 unspecified atom stereocenters. The van der Waals surface area contributed by atoms with Gasteiger partial charge in [-0.2, -0.15) is 0 Å². The van der Waals surface area contributed by atoms with Crippen LogP contribution in [-0.2, 0) is 22.6 Å². The van der Waals surface area contributed by atoms with Gasteiger partial charge in [-0.25, -0.2) is 0 Å². The van der Waals surface area contributed by atoms with Crippen LogP contribution >= 0.6 is 0 Å². The third-order valence-corrected chi connectivity index (χ3v) is 6.18. The molecule has 0 aliphatic heterocycles. The Kier molecular flexibility index (Phi) is 9.15. The van der Waals surface area contributed by atoms with E-state index < -0.39 is 6.10 Å². The van der Waals surface area contributed by atoms with Crippen LogP contribution in [0, 0.1) is 0 Å². The van der Waals surface area contributed by atoms with Gasteiger partial charge in [-0.15, -0.1) is 0 Å². The molecule has 0 aliphatic carbocycles. The van der Waals surface area contributed by atoms with Gasteiger partial charge in [-0.05, 0) is 36.8 Å². The molecule has 3 aromatic carbocycles. The lowest BCUT2D eigenvalue weighted by Crippen LogP contribution is -2.36. The number of hydrogen-bond acceptors (Lipinski definition) is 5. The minimum atomic E-state index is -0.521. The zero-order chi connectivity index (χ0) is 24.5. The first-order valence-electron chi connectivity index (χ1n) is 12.3. The number of ether oxygens (including phenoxy) is 3. The first kappa shape index (κ1) is 25.2. The number of hydrogen-bond donors (Lipinski definition) is 1. The summed E-state index contributed by atoms with van der Waals surface area (Å²) in [6.45, 7) is 6.98. The van der Waals surface area contributed by atoms with E-state index in [9.17, 15) is 5.11 Å². The van der Waals surface area contributed by atoms with Gasteiger partial charge in [0.25, 0.3) is 0 Å². The fourth-order valence-corrected chi connectivity index (χ4v) is 4.53. The van der Waals surface area contributed by atoms with Crippen LogP contribution in [0.25, 0.3) is 21.8 Å². The molecule has 1 atom stereocenters. The van der Waals surface area contributed by atoms with Crippen molar-refractivity contribution in [2.75, 3.05) is 46.6 Å². The largest absolute Gasteiger partial charge is 0.491 e. The average molecular weight is 477 g/mol. The molecule has 0 saturated carbocycles. The van der Waals surface area contributed by atoms with Crippen LogP contribution in [0.2, 0.25) is 0 Å². The second-order valence-corrected chi connectivity index (χ2v) is 8.72. The van der Waals surface area contributed by atoms with E-state index in [0.717, 1.165) is 29.9 Å². The summed E-state index contributed by atoms with van der Waals surface area (Å²) in [6.07, 6.45) is -0.521. The minimum Gasteiger partial charge on any atom is -0.491 e. The minimum absolute atomic E-state index is 0.521. The van der Waals surface area contributed by atoms with Gasteiger partial charge in [0.1, 0.15) is 12.4 Å². The van der Waals surface area contributed by atoms with Crippen molar-refractivity contribution in [1.82, 2.24) is 9.47 Å². The lowest BCUT2D eigenvalue weighted by molar-refractivity contribution is 0.0768. The van der Waals surface area contributed by atoms with Crippen LogP contribution in [0.4, 0.5) is 0 Å². The molecule has 0 spiro atoms. The van der Waals surface area contributed by atoms with Gasteiger partial charge in [-0.1, -0.05) is 48.5 Å². The molecule has 0 amide bonds. The highest BCUT2D eigenvalue weighted by atomic mass is 16.5. The molecular formula is C29H36N2O4. The van der Waals surface area contributed by atoms with Crippen molar-refractivity contribution >= 4 is 21.8 Å². The SMILES string of the molecule is CCOCCOc1ccc(CN(CCOC)C[C@H](O)Cn2c3ccccc3c3ccccc32)cc1. The smallest absolute Gasteiger partial charge is 0.119 e. The number of benzene rings is 3. The molecule has 1 N–H and O–H groups in total. The molecule has 1 aromatic heterocycles. The average Bonchev–Trinajstić information content (AvgIpc) is 3.20. The second-order valence-electron chi connectivity index (χ2n) is 8.72. The molecule has 0 aliphatic rings. The maximum atomic E-state index is 11.1. The first-order chi connectivity index (χ1) is 17.2. The summed E-state index contributed by atoms with van der Waals surface area (Å²) in [6, 6.07) is 24.9. The van der Waals surface area contributed by atoms with Gasteiger partial charge >= 0.3 is 0 Å². The summed E-state index contributed by atoms with van der Waals surface area (Å²) in [5, 5.41) is 13.6. The maximum absolute atomic E-state index is 11.1. The molecule has 0 saturated heterocycles. The molecule has 6 nitrogen and oxygen atoms in total. The van der Waals surface area contributed by atoms with Crippen LogP contribution in [0.15, 0.2) is 72.8 Å². The number of methoxy groups -OCH3 is 1. The first-order valence-corrected chi connectivity index (χ1v) is 12.3. The summed E-state index contributed by atoms with van der Waals surface area (Å²) in [5.74, 6) is 0.836. The number of para-hydroxylation sites is 2. The number of aliphatic hydroxyl groups excluding tert-OH is 1. The Balaban J connectivity index is 1.42. The molecule has 4 aromatic rings. The van der Waals surface area contributed by atoms with E-state index in [1.807, 2.05) is 19.1 Å². The molecule has 0 radical (unpaired) electrons. The number of fused-ring (bicyclic) bond motifs is 3. The Morgan fingerprint density at radius 2 is 1.51 bits per heavy atom. The van der Waals surface area contributed by atoms with Crippen LogP contribution in [0.3, 0.4) is 0 Å². The van der Waals surface area contributed by atoms with Crippen molar-refractivity contribution in [2.24, 2.45) is 0 Å². The predicted octanol–water partition coefficient (Wildman–Crippen LogP) is 4.72. The van der Waals surface area contributed by atoms with Gasteiger partial charge < -0.3 is 23.9 Å². The number of nitrogens with zero attached hydrogens (tertiary/aromatic N) is 2. The number of rotatable bonds is 14. The van der Waals surface area contributed by atoms with Crippen molar-refractivity contribution in [1.29, 1.82) is 0 Å². The zero-order valence-corrected chi connectivity index (χ0v) is 20.7. The standard InChI is InChI=1S/C29H36N2O4/c1-3-34-18-19-35-25-14-12-23(13-15-25)20-30(16-17-33-2)21-24(32)22-31-28-10-6-4-8-26(28)27-9-5-7-11-29(27)31/h4-15,24,32H,3,16-22H2,1-2H3/t24-/m0/s1. The predicted molar refractivity (Wildman–Crippen MR) is 141 cm³/mol. The molecule has 0 bridgehead atoms. The summed E-state index contributed by atoms with van der Waals surface area (Å²) >= 11 is 0. The molecule has 1 heterocycles. The summed E-state index contributed by atoms with van der Waals surface area (Å²) in [7, 11) is 1.71. The Hall–Kier alpha value is -2.90. The second kappa shape index (κ2) is 12.7. The fourth-order valence-electron chi connectivity index (χ4n) is 4.53. The zero-order valence-electron chi connectivity index (χ0n) is 20.7. The van der Waals surface area contributed by atoms with Crippen molar-refractivity contribution in [2.45, 2.75) is 26.1 Å². The topological polar surface area (TPSA) is 56.1 Å². The van der Waals surface area contributed by atoms with E-state index in [1.54, 1.807) is 7.11 Å². The molecule has 0 fully saturated rings. The van der Waals surface area contributed by atoms with Crippen molar-refractivity contribution in [3.05, 3.63) is 78.4 Å². The highest BCUT2D eigenvalue weighted by molar-refractivity contribution is 6.07. The maximum Gasteiger partial charge on any atom is 0.119 e. The normalized spacial score (nSPS) is 12.6. The lowest BCUT2D eigenvalue weighted by Gasteiger charge is -2.25. The van der Waals surface area contributed by atoms with E-state index in [4.69, 9.17) is 14.2 Å². The van der Waals surface area contributed by atoms with E-state index >= 15 is 0 Å². The number of aliphatic hydroxyl groups is 1. The lowest BCUT2D eigenvalue weighted by atomic mass is 10.2. The van der Waals surface area contributed by atoms with E-state index in [-0.39, 0.29) is 0 Å². The third-order valence-electron chi connectivity index (χ3n) is 6.18. The van der Waals surface area contributed by atoms with Crippen LogP contribution < -0.4 is 4.74 Å². The highest BCUT2D eigenvalue weighted by Crippen LogP contribution is 2.29. The Labute approximate surface area is 207 Å². The third kappa shape index (κ3) is 6.61. The van der Waals surface area contributed by atoms with Gasteiger partial charge in [0, 0.05) is 55.2 Å².